The minimum atomic E-state index is -0.109. The Kier molecular flexibility index (Phi) is 2.81. The van der Waals surface area contributed by atoms with Crippen LogP contribution in [0.5, 0.6) is 0 Å². The second-order valence-electron chi connectivity index (χ2n) is 2.75. The Balaban J connectivity index is 2.22. The molecule has 0 amide bonds. The van der Waals surface area contributed by atoms with Crippen LogP contribution >= 0.6 is 22.9 Å². The predicted octanol–water partition coefficient (Wildman–Crippen LogP) is 1.53. The Morgan fingerprint density at radius 2 is 2.43 bits per heavy atom. The van der Waals surface area contributed by atoms with Gasteiger partial charge in [0.2, 0.25) is 0 Å². The summed E-state index contributed by atoms with van der Waals surface area (Å²) in [7, 11) is 0. The molecule has 14 heavy (non-hydrogen) atoms. The summed E-state index contributed by atoms with van der Waals surface area (Å²) in [4.78, 5) is 0. The summed E-state index contributed by atoms with van der Waals surface area (Å²) in [5, 5.41) is 18.4. The van der Waals surface area contributed by atoms with E-state index in [0.717, 1.165) is 9.90 Å². The molecule has 0 aliphatic rings. The molecule has 74 valence electrons. The number of hydrogen-bond donors (Lipinski definition) is 1. The molecule has 4 nitrogen and oxygen atoms in total. The van der Waals surface area contributed by atoms with Crippen molar-refractivity contribution in [1.29, 1.82) is 0 Å². The van der Waals surface area contributed by atoms with E-state index in [1.54, 1.807) is 10.9 Å². The number of thiophene rings is 1. The molecule has 2 rings (SSSR count). The molecule has 6 heteroatoms. The lowest BCUT2D eigenvalue weighted by Gasteiger charge is -2.02. The number of hydrogen-bond acceptors (Lipinski definition) is 4. The Hall–Kier alpha value is -0.910. The fraction of sp³-hybridized carbons (Fsp3) is 0.250. The van der Waals surface area contributed by atoms with E-state index in [1.807, 2.05) is 11.4 Å². The summed E-state index contributed by atoms with van der Waals surface area (Å²) in [6, 6.07) is 1.95. The average Bonchev–Trinajstić information content (AvgIpc) is 2.77. The molecule has 2 heterocycles. The molecule has 0 spiro atoms. The van der Waals surface area contributed by atoms with E-state index in [-0.39, 0.29) is 6.61 Å². The van der Waals surface area contributed by atoms with Gasteiger partial charge in [-0.05, 0) is 11.4 Å². The molecule has 0 fully saturated rings. The fourth-order valence-electron chi connectivity index (χ4n) is 1.15. The molecule has 0 aliphatic heterocycles. The van der Waals surface area contributed by atoms with Crippen molar-refractivity contribution in [3.8, 4) is 0 Å². The average molecular weight is 230 g/mol. The molecule has 2 aromatic rings. The molecule has 0 aromatic carbocycles. The van der Waals surface area contributed by atoms with E-state index >= 15 is 0 Å². The highest BCUT2D eigenvalue weighted by Crippen LogP contribution is 2.23. The highest BCUT2D eigenvalue weighted by Gasteiger charge is 2.06. The number of halogens is 1. The SMILES string of the molecule is OCc1nncn1Cc1ccsc1Cl. The van der Waals surface area contributed by atoms with Gasteiger partial charge in [-0.25, -0.2) is 0 Å². The van der Waals surface area contributed by atoms with Gasteiger partial charge in [-0.15, -0.1) is 21.5 Å². The second-order valence-corrected chi connectivity index (χ2v) is 4.27. The first kappa shape index (κ1) is 9.64. The van der Waals surface area contributed by atoms with Gasteiger partial charge in [0.1, 0.15) is 12.9 Å². The third-order valence-corrected chi connectivity index (χ3v) is 3.12. The van der Waals surface area contributed by atoms with Crippen LogP contribution < -0.4 is 0 Å². The van der Waals surface area contributed by atoms with Crippen molar-refractivity contribution >= 4 is 22.9 Å². The minimum absolute atomic E-state index is 0.109. The first-order valence-electron chi connectivity index (χ1n) is 4.00. The van der Waals surface area contributed by atoms with Gasteiger partial charge in [0.25, 0.3) is 0 Å². The Morgan fingerprint density at radius 1 is 1.57 bits per heavy atom. The van der Waals surface area contributed by atoms with Gasteiger partial charge in [-0.1, -0.05) is 11.6 Å². The van der Waals surface area contributed by atoms with Crippen molar-refractivity contribution in [3.05, 3.63) is 33.5 Å². The van der Waals surface area contributed by atoms with Gasteiger partial charge >= 0.3 is 0 Å². The zero-order chi connectivity index (χ0) is 9.97. The normalized spacial score (nSPS) is 10.7. The summed E-state index contributed by atoms with van der Waals surface area (Å²) >= 11 is 7.44. The largest absolute Gasteiger partial charge is 0.388 e. The molecule has 0 saturated heterocycles. The van der Waals surface area contributed by atoms with Crippen molar-refractivity contribution < 1.29 is 5.11 Å². The maximum atomic E-state index is 8.95. The van der Waals surface area contributed by atoms with Crippen molar-refractivity contribution in [2.45, 2.75) is 13.2 Å². The maximum absolute atomic E-state index is 8.95. The Bertz CT molecular complexity index is 426. The van der Waals surface area contributed by atoms with Crippen LogP contribution in [0.25, 0.3) is 0 Å². The monoisotopic (exact) mass is 229 g/mol. The number of aromatic nitrogens is 3. The van der Waals surface area contributed by atoms with Crippen molar-refractivity contribution in [2.24, 2.45) is 0 Å². The third-order valence-electron chi connectivity index (χ3n) is 1.87. The van der Waals surface area contributed by atoms with E-state index in [1.165, 1.54) is 11.3 Å². The van der Waals surface area contributed by atoms with Crippen LogP contribution in [0.4, 0.5) is 0 Å². The lowest BCUT2D eigenvalue weighted by Crippen LogP contribution is -2.03. The van der Waals surface area contributed by atoms with Gasteiger partial charge in [-0.2, -0.15) is 0 Å². The number of aliphatic hydroxyl groups is 1. The van der Waals surface area contributed by atoms with Gasteiger partial charge < -0.3 is 9.67 Å². The maximum Gasteiger partial charge on any atom is 0.158 e. The van der Waals surface area contributed by atoms with Crippen molar-refractivity contribution in [3.63, 3.8) is 0 Å². The zero-order valence-electron chi connectivity index (χ0n) is 7.22. The van der Waals surface area contributed by atoms with E-state index < -0.39 is 0 Å². The van der Waals surface area contributed by atoms with Gasteiger partial charge in [0.05, 0.1) is 10.9 Å². The molecule has 0 aliphatic carbocycles. The first-order valence-corrected chi connectivity index (χ1v) is 5.26. The zero-order valence-corrected chi connectivity index (χ0v) is 8.79. The van der Waals surface area contributed by atoms with E-state index in [9.17, 15) is 0 Å². The molecule has 0 radical (unpaired) electrons. The Morgan fingerprint density at radius 3 is 3.07 bits per heavy atom. The molecule has 1 N–H and O–H groups in total. The molecular formula is C8H8ClN3OS. The van der Waals surface area contributed by atoms with E-state index in [2.05, 4.69) is 10.2 Å². The number of aliphatic hydroxyl groups excluding tert-OH is 1. The predicted molar refractivity (Wildman–Crippen MR) is 54.4 cm³/mol. The summed E-state index contributed by atoms with van der Waals surface area (Å²) in [5.74, 6) is 0.548. The second kappa shape index (κ2) is 4.08. The lowest BCUT2D eigenvalue weighted by molar-refractivity contribution is 0.265. The highest BCUT2D eigenvalue weighted by molar-refractivity contribution is 7.14. The van der Waals surface area contributed by atoms with Crippen molar-refractivity contribution in [1.82, 2.24) is 14.8 Å². The molecule has 2 aromatic heterocycles. The summed E-state index contributed by atoms with van der Waals surface area (Å²) in [5.41, 5.74) is 1.02. The lowest BCUT2D eigenvalue weighted by atomic mass is 10.3. The van der Waals surface area contributed by atoms with Crippen LogP contribution in [0.3, 0.4) is 0 Å². The first-order chi connectivity index (χ1) is 6.81. The molecule has 0 saturated carbocycles. The van der Waals surface area contributed by atoms with Crippen LogP contribution in [0.2, 0.25) is 4.34 Å². The van der Waals surface area contributed by atoms with E-state index in [4.69, 9.17) is 16.7 Å². The molecule has 0 unspecified atom stereocenters. The Labute approximate surface area is 89.8 Å². The number of rotatable bonds is 3. The van der Waals surface area contributed by atoms with Crippen LogP contribution in [0, 0.1) is 0 Å². The van der Waals surface area contributed by atoms with Crippen LogP contribution in [0.15, 0.2) is 17.8 Å². The molecular weight excluding hydrogens is 222 g/mol. The van der Waals surface area contributed by atoms with Crippen LogP contribution in [-0.2, 0) is 13.2 Å². The minimum Gasteiger partial charge on any atom is -0.388 e. The topological polar surface area (TPSA) is 50.9 Å². The molecule has 0 bridgehead atoms. The smallest absolute Gasteiger partial charge is 0.158 e. The van der Waals surface area contributed by atoms with Crippen LogP contribution in [-0.4, -0.2) is 19.9 Å². The quantitative estimate of drug-likeness (QED) is 0.869. The summed E-state index contributed by atoms with van der Waals surface area (Å²) in [6.07, 6.45) is 1.58. The highest BCUT2D eigenvalue weighted by atomic mass is 35.5. The van der Waals surface area contributed by atoms with Gasteiger partial charge in [0, 0.05) is 5.56 Å². The fourth-order valence-corrected chi connectivity index (χ4v) is 2.06. The van der Waals surface area contributed by atoms with Gasteiger partial charge in [0.15, 0.2) is 5.82 Å². The summed E-state index contributed by atoms with van der Waals surface area (Å²) < 4.78 is 2.54. The third kappa shape index (κ3) is 1.79. The summed E-state index contributed by atoms with van der Waals surface area (Å²) in [6.45, 7) is 0.493. The standard InChI is InChI=1S/C8H8ClN3OS/c9-8-6(1-2-14-8)3-12-5-10-11-7(12)4-13/h1-2,5,13H,3-4H2. The number of nitrogens with zero attached hydrogens (tertiary/aromatic N) is 3. The van der Waals surface area contributed by atoms with Crippen molar-refractivity contribution in [2.75, 3.05) is 0 Å². The van der Waals surface area contributed by atoms with Gasteiger partial charge in [-0.3, -0.25) is 0 Å². The molecule has 0 atom stereocenters. The van der Waals surface area contributed by atoms with Crippen LogP contribution in [0.1, 0.15) is 11.4 Å². The van der Waals surface area contributed by atoms with E-state index in [0.29, 0.717) is 12.4 Å².